The summed E-state index contributed by atoms with van der Waals surface area (Å²) in [5.74, 6) is 1.11. The molecule has 0 radical (unpaired) electrons. The molecule has 2 aliphatic carbocycles. The first-order valence-electron chi connectivity index (χ1n) is 7.78. The Balaban J connectivity index is 1.81. The maximum Gasteiger partial charge on any atom is 0.222 e. The van der Waals surface area contributed by atoms with Crippen molar-refractivity contribution in [1.82, 2.24) is 10.6 Å². The molecule has 2 fully saturated rings. The van der Waals surface area contributed by atoms with Crippen molar-refractivity contribution in [3.05, 3.63) is 0 Å². The van der Waals surface area contributed by atoms with E-state index >= 15 is 0 Å². The SMILES string of the molecule is CC(C)C(=O)NCCNC1C2(C)CCC(C2)C1(C)C. The van der Waals surface area contributed by atoms with Crippen molar-refractivity contribution >= 4 is 5.91 Å². The monoisotopic (exact) mass is 266 g/mol. The molecule has 0 aromatic carbocycles. The van der Waals surface area contributed by atoms with Gasteiger partial charge in [0.05, 0.1) is 0 Å². The van der Waals surface area contributed by atoms with Gasteiger partial charge in [0.15, 0.2) is 0 Å². The number of rotatable bonds is 5. The van der Waals surface area contributed by atoms with Crippen molar-refractivity contribution in [1.29, 1.82) is 0 Å². The number of hydrogen-bond donors (Lipinski definition) is 2. The highest BCUT2D eigenvalue weighted by molar-refractivity contribution is 5.77. The summed E-state index contributed by atoms with van der Waals surface area (Å²) in [4.78, 5) is 11.5. The summed E-state index contributed by atoms with van der Waals surface area (Å²) in [7, 11) is 0. The molecule has 0 spiro atoms. The van der Waals surface area contributed by atoms with E-state index < -0.39 is 0 Å². The van der Waals surface area contributed by atoms with Gasteiger partial charge in [-0.05, 0) is 36.0 Å². The van der Waals surface area contributed by atoms with Crippen LogP contribution in [-0.2, 0) is 4.79 Å². The van der Waals surface area contributed by atoms with Gasteiger partial charge in [-0.1, -0.05) is 34.6 Å². The van der Waals surface area contributed by atoms with Crippen molar-refractivity contribution in [2.75, 3.05) is 13.1 Å². The predicted molar refractivity (Wildman–Crippen MR) is 78.9 cm³/mol. The predicted octanol–water partition coefficient (Wildman–Crippen LogP) is 2.56. The number of fused-ring (bicyclic) bond motifs is 2. The Morgan fingerprint density at radius 2 is 1.95 bits per heavy atom. The summed E-state index contributed by atoms with van der Waals surface area (Å²) in [6.07, 6.45) is 4.12. The molecule has 0 aliphatic heterocycles. The number of carbonyl (C=O) groups is 1. The molecule has 3 unspecified atom stereocenters. The molecule has 2 rings (SSSR count). The molecule has 19 heavy (non-hydrogen) atoms. The third kappa shape index (κ3) is 2.67. The third-order valence-corrected chi connectivity index (χ3v) is 5.57. The van der Waals surface area contributed by atoms with Gasteiger partial charge in [-0.15, -0.1) is 0 Å². The average molecular weight is 266 g/mol. The van der Waals surface area contributed by atoms with Crippen LogP contribution in [0.15, 0.2) is 0 Å². The number of amides is 1. The summed E-state index contributed by atoms with van der Waals surface area (Å²) in [5.41, 5.74) is 0.866. The van der Waals surface area contributed by atoms with Crippen molar-refractivity contribution in [3.63, 3.8) is 0 Å². The summed E-state index contributed by atoms with van der Waals surface area (Å²) in [5, 5.41) is 6.71. The van der Waals surface area contributed by atoms with Crippen LogP contribution in [-0.4, -0.2) is 25.0 Å². The van der Waals surface area contributed by atoms with E-state index in [-0.39, 0.29) is 11.8 Å². The van der Waals surface area contributed by atoms with Crippen molar-refractivity contribution in [2.24, 2.45) is 22.7 Å². The van der Waals surface area contributed by atoms with E-state index in [4.69, 9.17) is 0 Å². The Labute approximate surface area is 117 Å². The molecule has 3 nitrogen and oxygen atoms in total. The normalized spacial score (nSPS) is 35.9. The fourth-order valence-corrected chi connectivity index (χ4v) is 4.42. The van der Waals surface area contributed by atoms with Crippen LogP contribution in [0.5, 0.6) is 0 Å². The first kappa shape index (κ1) is 14.8. The maximum atomic E-state index is 11.5. The van der Waals surface area contributed by atoms with E-state index in [1.807, 2.05) is 13.8 Å². The lowest BCUT2D eigenvalue weighted by Crippen LogP contribution is -2.52. The minimum Gasteiger partial charge on any atom is -0.355 e. The van der Waals surface area contributed by atoms with Gasteiger partial charge in [0, 0.05) is 25.0 Å². The molecule has 110 valence electrons. The van der Waals surface area contributed by atoms with Gasteiger partial charge < -0.3 is 10.6 Å². The summed E-state index contributed by atoms with van der Waals surface area (Å²) in [6.45, 7) is 12.7. The van der Waals surface area contributed by atoms with E-state index in [1.165, 1.54) is 19.3 Å². The second kappa shape index (κ2) is 5.08. The maximum absolute atomic E-state index is 11.5. The van der Waals surface area contributed by atoms with Gasteiger partial charge in [0.2, 0.25) is 5.91 Å². The number of hydrogen-bond acceptors (Lipinski definition) is 2. The van der Waals surface area contributed by atoms with Crippen LogP contribution in [0.3, 0.4) is 0 Å². The molecule has 0 heterocycles. The van der Waals surface area contributed by atoms with Gasteiger partial charge in [-0.25, -0.2) is 0 Å². The summed E-state index contributed by atoms with van der Waals surface area (Å²) in [6, 6.07) is 0.592. The van der Waals surface area contributed by atoms with Crippen molar-refractivity contribution in [2.45, 2.75) is 59.9 Å². The molecule has 3 atom stereocenters. The zero-order chi connectivity index (χ0) is 14.3. The van der Waals surface area contributed by atoms with Crippen molar-refractivity contribution < 1.29 is 4.79 Å². The zero-order valence-corrected chi connectivity index (χ0v) is 13.2. The minimum atomic E-state index is 0.0800. The van der Waals surface area contributed by atoms with Crippen LogP contribution in [0.2, 0.25) is 0 Å². The molecular weight excluding hydrogens is 236 g/mol. The Kier molecular flexibility index (Phi) is 3.97. The zero-order valence-electron chi connectivity index (χ0n) is 13.2. The van der Waals surface area contributed by atoms with E-state index in [2.05, 4.69) is 31.4 Å². The highest BCUT2D eigenvalue weighted by Crippen LogP contribution is 2.62. The van der Waals surface area contributed by atoms with Gasteiger partial charge in [0.1, 0.15) is 0 Å². The average Bonchev–Trinajstić information content (AvgIpc) is 2.78. The highest BCUT2D eigenvalue weighted by atomic mass is 16.1. The van der Waals surface area contributed by atoms with E-state index in [0.29, 0.717) is 16.9 Å². The first-order chi connectivity index (χ1) is 8.77. The minimum absolute atomic E-state index is 0.0800. The highest BCUT2D eigenvalue weighted by Gasteiger charge is 2.58. The largest absolute Gasteiger partial charge is 0.355 e. The number of nitrogens with one attached hydrogen (secondary N) is 2. The second-order valence-electron chi connectivity index (χ2n) is 7.75. The molecule has 2 aliphatic rings. The smallest absolute Gasteiger partial charge is 0.222 e. The molecule has 0 aromatic heterocycles. The quantitative estimate of drug-likeness (QED) is 0.751. The Bertz CT molecular complexity index is 346. The molecule has 2 N–H and O–H groups in total. The van der Waals surface area contributed by atoms with E-state index in [0.717, 1.165) is 19.0 Å². The lowest BCUT2D eigenvalue weighted by molar-refractivity contribution is -0.123. The van der Waals surface area contributed by atoms with Crippen LogP contribution < -0.4 is 10.6 Å². The van der Waals surface area contributed by atoms with E-state index in [1.54, 1.807) is 0 Å². The lowest BCUT2D eigenvalue weighted by Gasteiger charge is -2.43. The van der Waals surface area contributed by atoms with Crippen molar-refractivity contribution in [3.8, 4) is 0 Å². The van der Waals surface area contributed by atoms with Crippen LogP contribution in [0.4, 0.5) is 0 Å². The Morgan fingerprint density at radius 1 is 1.26 bits per heavy atom. The van der Waals surface area contributed by atoms with Crippen LogP contribution in [0.25, 0.3) is 0 Å². The standard InChI is InChI=1S/C16H30N2O/c1-11(2)13(19)17-8-9-18-14-15(3,4)12-6-7-16(14,5)10-12/h11-12,14,18H,6-10H2,1-5H3,(H,17,19). The first-order valence-corrected chi connectivity index (χ1v) is 7.78. The van der Waals surface area contributed by atoms with Gasteiger partial charge in [-0.3, -0.25) is 4.79 Å². The summed E-state index contributed by atoms with van der Waals surface area (Å²) < 4.78 is 0. The van der Waals surface area contributed by atoms with Gasteiger partial charge >= 0.3 is 0 Å². The lowest BCUT2D eigenvalue weighted by atomic mass is 9.68. The Hall–Kier alpha value is -0.570. The van der Waals surface area contributed by atoms with Crippen LogP contribution in [0, 0.1) is 22.7 Å². The van der Waals surface area contributed by atoms with E-state index in [9.17, 15) is 4.79 Å². The summed E-state index contributed by atoms with van der Waals surface area (Å²) >= 11 is 0. The molecule has 3 heteroatoms. The molecule has 0 saturated heterocycles. The molecular formula is C16H30N2O. The molecule has 2 bridgehead atoms. The third-order valence-electron chi connectivity index (χ3n) is 5.57. The van der Waals surface area contributed by atoms with Crippen LogP contribution in [0.1, 0.15) is 53.9 Å². The number of carbonyl (C=O) groups excluding carboxylic acids is 1. The molecule has 0 aromatic rings. The van der Waals surface area contributed by atoms with Gasteiger partial charge in [0.25, 0.3) is 0 Å². The fourth-order valence-electron chi connectivity index (χ4n) is 4.42. The topological polar surface area (TPSA) is 41.1 Å². The van der Waals surface area contributed by atoms with Gasteiger partial charge in [-0.2, -0.15) is 0 Å². The fraction of sp³-hybridized carbons (Fsp3) is 0.938. The molecule has 1 amide bonds. The molecule has 2 saturated carbocycles. The van der Waals surface area contributed by atoms with Crippen LogP contribution >= 0.6 is 0 Å². The second-order valence-corrected chi connectivity index (χ2v) is 7.75. The Morgan fingerprint density at radius 3 is 2.47 bits per heavy atom.